The molecule has 164 valence electrons. The lowest BCUT2D eigenvalue weighted by atomic mass is 9.95. The molecule has 0 saturated heterocycles. The van der Waals surface area contributed by atoms with E-state index in [0.29, 0.717) is 6.61 Å². The Morgan fingerprint density at radius 3 is 2.38 bits per heavy atom. The van der Waals surface area contributed by atoms with Crippen LogP contribution in [0.3, 0.4) is 0 Å². The van der Waals surface area contributed by atoms with Gasteiger partial charge in [-0.3, -0.25) is 0 Å². The van der Waals surface area contributed by atoms with E-state index in [1.54, 1.807) is 14.2 Å². The van der Waals surface area contributed by atoms with Crippen LogP contribution in [-0.4, -0.2) is 31.5 Å². The van der Waals surface area contributed by atoms with Gasteiger partial charge in [0, 0.05) is 17.5 Å². The molecule has 5 rings (SSSR count). The first-order valence-electron chi connectivity index (χ1n) is 10.8. The summed E-state index contributed by atoms with van der Waals surface area (Å²) in [6, 6.07) is 22.1. The molecule has 0 saturated carbocycles. The molecule has 2 aliphatic heterocycles. The SMILES string of the molecule is CCOc1ccc(C2=NN3[C@H](C2)c2cccc(OC)c2O[C@@H]3c2ccc(OC)cc2)cc1. The number of fused-ring (bicyclic) bond motifs is 3. The van der Waals surface area contributed by atoms with Crippen LogP contribution < -0.4 is 18.9 Å². The van der Waals surface area contributed by atoms with Crippen LogP contribution in [0, 0.1) is 0 Å². The molecule has 2 atom stereocenters. The fourth-order valence-electron chi connectivity index (χ4n) is 4.32. The molecular formula is C26H26N2O4. The summed E-state index contributed by atoms with van der Waals surface area (Å²) in [5, 5.41) is 7.09. The Labute approximate surface area is 188 Å². The highest BCUT2D eigenvalue weighted by atomic mass is 16.5. The molecule has 0 aliphatic carbocycles. The predicted molar refractivity (Wildman–Crippen MR) is 123 cm³/mol. The average Bonchev–Trinajstić information content (AvgIpc) is 3.30. The lowest BCUT2D eigenvalue weighted by molar-refractivity contribution is -0.0209. The van der Waals surface area contributed by atoms with Gasteiger partial charge in [-0.05, 0) is 67.1 Å². The number of methoxy groups -OCH3 is 2. The van der Waals surface area contributed by atoms with E-state index in [1.807, 2.05) is 55.5 Å². The Morgan fingerprint density at radius 1 is 0.938 bits per heavy atom. The molecule has 3 aromatic carbocycles. The van der Waals surface area contributed by atoms with Crippen LogP contribution in [0.5, 0.6) is 23.0 Å². The van der Waals surface area contributed by atoms with Crippen molar-refractivity contribution in [1.29, 1.82) is 0 Å². The molecule has 0 radical (unpaired) electrons. The minimum atomic E-state index is -0.366. The van der Waals surface area contributed by atoms with Crippen LogP contribution in [0.1, 0.15) is 42.3 Å². The number of benzene rings is 3. The molecule has 2 heterocycles. The van der Waals surface area contributed by atoms with E-state index in [0.717, 1.165) is 51.8 Å². The van der Waals surface area contributed by atoms with E-state index >= 15 is 0 Å². The summed E-state index contributed by atoms with van der Waals surface area (Å²) in [5.74, 6) is 3.18. The first kappa shape index (κ1) is 20.2. The van der Waals surface area contributed by atoms with Gasteiger partial charge in [0.2, 0.25) is 6.23 Å². The van der Waals surface area contributed by atoms with Gasteiger partial charge in [0.05, 0.1) is 32.6 Å². The highest BCUT2D eigenvalue weighted by molar-refractivity contribution is 6.02. The summed E-state index contributed by atoms with van der Waals surface area (Å²) in [4.78, 5) is 0. The molecule has 6 nitrogen and oxygen atoms in total. The minimum absolute atomic E-state index is 0.0579. The second kappa shape index (κ2) is 8.46. The predicted octanol–water partition coefficient (Wildman–Crippen LogP) is 5.34. The molecular weight excluding hydrogens is 404 g/mol. The summed E-state index contributed by atoms with van der Waals surface area (Å²) < 4.78 is 23.0. The standard InChI is InChI=1S/C26H26N2O4/c1-4-31-20-14-8-17(9-15-20)22-16-23-21-6-5-7-24(30-3)25(21)32-26(28(23)27-22)18-10-12-19(29-2)13-11-18/h5-15,23,26H,4,16H2,1-3H3/t23-,26-/m1/s1. The molecule has 0 spiro atoms. The van der Waals surface area contributed by atoms with E-state index in [4.69, 9.17) is 24.0 Å². The fraction of sp³-hybridized carbons (Fsp3) is 0.269. The largest absolute Gasteiger partial charge is 0.497 e. The van der Waals surface area contributed by atoms with Gasteiger partial charge < -0.3 is 18.9 Å². The number of para-hydroxylation sites is 1. The summed E-state index contributed by atoms with van der Waals surface area (Å²) >= 11 is 0. The Bertz CT molecular complexity index is 1130. The lowest BCUT2D eigenvalue weighted by Gasteiger charge is -2.38. The maximum Gasteiger partial charge on any atom is 0.214 e. The average molecular weight is 431 g/mol. The molecule has 0 fully saturated rings. The zero-order valence-electron chi connectivity index (χ0n) is 18.4. The third-order valence-electron chi connectivity index (χ3n) is 5.90. The number of ether oxygens (including phenoxy) is 4. The topological polar surface area (TPSA) is 52.5 Å². The van der Waals surface area contributed by atoms with Crippen molar-refractivity contribution >= 4 is 5.71 Å². The first-order chi connectivity index (χ1) is 15.7. The number of rotatable bonds is 6. The smallest absolute Gasteiger partial charge is 0.214 e. The first-order valence-corrected chi connectivity index (χ1v) is 10.8. The Morgan fingerprint density at radius 2 is 1.69 bits per heavy atom. The molecule has 32 heavy (non-hydrogen) atoms. The van der Waals surface area contributed by atoms with Crippen LogP contribution in [0.2, 0.25) is 0 Å². The van der Waals surface area contributed by atoms with Crippen LogP contribution in [0.4, 0.5) is 0 Å². The van der Waals surface area contributed by atoms with Gasteiger partial charge in [-0.1, -0.05) is 12.1 Å². The van der Waals surface area contributed by atoms with Gasteiger partial charge in [0.15, 0.2) is 11.5 Å². The molecule has 6 heteroatoms. The van der Waals surface area contributed by atoms with Gasteiger partial charge in [-0.25, -0.2) is 5.01 Å². The van der Waals surface area contributed by atoms with Crippen molar-refractivity contribution in [3.8, 4) is 23.0 Å². The zero-order valence-corrected chi connectivity index (χ0v) is 18.4. The molecule has 3 aromatic rings. The third-order valence-corrected chi connectivity index (χ3v) is 5.90. The van der Waals surface area contributed by atoms with Crippen molar-refractivity contribution in [2.45, 2.75) is 25.6 Å². The van der Waals surface area contributed by atoms with Gasteiger partial charge in [-0.2, -0.15) is 5.10 Å². The van der Waals surface area contributed by atoms with Crippen LogP contribution in [0.25, 0.3) is 0 Å². The van der Waals surface area contributed by atoms with E-state index in [-0.39, 0.29) is 12.3 Å². The van der Waals surface area contributed by atoms with Crippen molar-refractivity contribution in [3.05, 3.63) is 83.4 Å². The fourth-order valence-corrected chi connectivity index (χ4v) is 4.32. The normalized spacial score (nSPS) is 18.8. The summed E-state index contributed by atoms with van der Waals surface area (Å²) in [7, 11) is 3.33. The number of hydrogen-bond acceptors (Lipinski definition) is 6. The van der Waals surface area contributed by atoms with Gasteiger partial charge in [-0.15, -0.1) is 0 Å². The third kappa shape index (κ3) is 3.51. The quantitative estimate of drug-likeness (QED) is 0.528. The molecule has 0 unspecified atom stereocenters. The minimum Gasteiger partial charge on any atom is -0.497 e. The van der Waals surface area contributed by atoms with Gasteiger partial charge in [0.1, 0.15) is 11.5 Å². The Kier molecular flexibility index (Phi) is 5.35. The summed E-state index contributed by atoms with van der Waals surface area (Å²) in [6.07, 6.45) is 0.416. The van der Waals surface area contributed by atoms with E-state index in [9.17, 15) is 0 Å². The van der Waals surface area contributed by atoms with Crippen molar-refractivity contribution < 1.29 is 18.9 Å². The Hall–Kier alpha value is -3.67. The van der Waals surface area contributed by atoms with Crippen molar-refractivity contribution in [2.24, 2.45) is 5.10 Å². The summed E-state index contributed by atoms with van der Waals surface area (Å²) in [5.41, 5.74) is 4.19. The van der Waals surface area contributed by atoms with E-state index < -0.39 is 0 Å². The number of hydrogen-bond donors (Lipinski definition) is 0. The second-order valence-electron chi connectivity index (χ2n) is 7.73. The van der Waals surface area contributed by atoms with E-state index in [1.165, 1.54) is 0 Å². The van der Waals surface area contributed by atoms with Crippen LogP contribution >= 0.6 is 0 Å². The maximum absolute atomic E-state index is 6.50. The molecule has 0 bridgehead atoms. The van der Waals surface area contributed by atoms with Crippen LogP contribution in [-0.2, 0) is 0 Å². The highest BCUT2D eigenvalue weighted by Gasteiger charge is 2.42. The maximum atomic E-state index is 6.50. The highest BCUT2D eigenvalue weighted by Crippen LogP contribution is 2.50. The van der Waals surface area contributed by atoms with Crippen LogP contribution in [0.15, 0.2) is 71.8 Å². The number of hydrazone groups is 1. The number of nitrogens with zero attached hydrogens (tertiary/aromatic N) is 2. The lowest BCUT2D eigenvalue weighted by Crippen LogP contribution is -2.33. The molecule has 0 N–H and O–H groups in total. The zero-order chi connectivity index (χ0) is 22.1. The Balaban J connectivity index is 1.55. The molecule has 2 aliphatic rings. The van der Waals surface area contributed by atoms with Gasteiger partial charge in [0.25, 0.3) is 0 Å². The van der Waals surface area contributed by atoms with Gasteiger partial charge >= 0.3 is 0 Å². The second-order valence-corrected chi connectivity index (χ2v) is 7.73. The molecule has 0 aromatic heterocycles. The van der Waals surface area contributed by atoms with Crippen molar-refractivity contribution in [2.75, 3.05) is 20.8 Å². The monoisotopic (exact) mass is 430 g/mol. The molecule has 0 amide bonds. The van der Waals surface area contributed by atoms with Crippen molar-refractivity contribution in [3.63, 3.8) is 0 Å². The van der Waals surface area contributed by atoms with Crippen molar-refractivity contribution in [1.82, 2.24) is 5.01 Å². The van der Waals surface area contributed by atoms with E-state index in [2.05, 4.69) is 23.2 Å². The summed E-state index contributed by atoms with van der Waals surface area (Å²) in [6.45, 7) is 2.63.